The molecule has 1 heterocycles. The number of carboxylic acids is 1. The van der Waals surface area contributed by atoms with Crippen LogP contribution < -0.4 is 0 Å². The first kappa shape index (κ1) is 8.74. The molecule has 1 aromatic rings. The van der Waals surface area contributed by atoms with E-state index in [-0.39, 0.29) is 12.0 Å². The van der Waals surface area contributed by atoms with Crippen LogP contribution in [0.5, 0.6) is 0 Å². The predicted molar refractivity (Wildman–Crippen MR) is 50.2 cm³/mol. The maximum atomic E-state index is 10.5. The van der Waals surface area contributed by atoms with Crippen LogP contribution >= 0.6 is 0 Å². The second-order valence-corrected chi connectivity index (χ2v) is 2.97. The fourth-order valence-corrected chi connectivity index (χ4v) is 1.33. The average molecular weight is 191 g/mol. The Hall–Kier alpha value is -1.84. The summed E-state index contributed by atoms with van der Waals surface area (Å²) >= 11 is 0. The lowest BCUT2D eigenvalue weighted by Crippen LogP contribution is -2.14. The summed E-state index contributed by atoms with van der Waals surface area (Å²) in [4.78, 5) is 14.3. The van der Waals surface area contributed by atoms with Crippen molar-refractivity contribution in [2.24, 2.45) is 4.99 Å². The van der Waals surface area contributed by atoms with Gasteiger partial charge >= 0.3 is 5.97 Å². The minimum atomic E-state index is -1.11. The first-order valence-electron chi connectivity index (χ1n) is 4.26. The smallest absolute Gasteiger partial charge is 0.391 e. The van der Waals surface area contributed by atoms with Gasteiger partial charge in [0, 0.05) is 0 Å². The molecule has 0 saturated heterocycles. The number of ether oxygens (including phenoxy) is 1. The van der Waals surface area contributed by atoms with Gasteiger partial charge in [0.1, 0.15) is 6.10 Å². The number of hydrogen-bond donors (Lipinski definition) is 1. The third-order valence-electron chi connectivity index (χ3n) is 2.01. The van der Waals surface area contributed by atoms with E-state index in [0.717, 1.165) is 5.56 Å². The Morgan fingerprint density at radius 3 is 2.71 bits per heavy atom. The molecule has 1 unspecified atom stereocenters. The van der Waals surface area contributed by atoms with E-state index in [4.69, 9.17) is 9.84 Å². The highest BCUT2D eigenvalue weighted by molar-refractivity contribution is 6.32. The van der Waals surface area contributed by atoms with Crippen molar-refractivity contribution < 1.29 is 14.6 Å². The molecule has 0 saturated carbocycles. The van der Waals surface area contributed by atoms with E-state index in [1.165, 1.54) is 0 Å². The van der Waals surface area contributed by atoms with E-state index in [2.05, 4.69) is 4.99 Å². The summed E-state index contributed by atoms with van der Waals surface area (Å²) < 4.78 is 5.16. The first-order valence-corrected chi connectivity index (χ1v) is 4.26. The lowest BCUT2D eigenvalue weighted by atomic mass is 10.1. The van der Waals surface area contributed by atoms with E-state index in [1.54, 1.807) is 0 Å². The van der Waals surface area contributed by atoms with Crippen LogP contribution in [0.2, 0.25) is 0 Å². The zero-order chi connectivity index (χ0) is 9.97. The van der Waals surface area contributed by atoms with E-state index in [1.807, 2.05) is 30.3 Å². The van der Waals surface area contributed by atoms with Gasteiger partial charge in [-0.3, -0.25) is 0 Å². The van der Waals surface area contributed by atoms with Crippen LogP contribution in [0.15, 0.2) is 35.3 Å². The number of benzene rings is 1. The van der Waals surface area contributed by atoms with Crippen LogP contribution in [0.25, 0.3) is 0 Å². The minimum absolute atomic E-state index is 0.196. The third-order valence-corrected chi connectivity index (χ3v) is 2.01. The number of nitrogens with zero attached hydrogens (tertiary/aromatic N) is 1. The lowest BCUT2D eigenvalue weighted by molar-refractivity contribution is -0.131. The highest BCUT2D eigenvalue weighted by Crippen LogP contribution is 2.22. The van der Waals surface area contributed by atoms with Crippen molar-refractivity contribution >= 4 is 11.9 Å². The zero-order valence-electron chi connectivity index (χ0n) is 7.38. The second kappa shape index (κ2) is 3.49. The molecule has 0 aliphatic carbocycles. The minimum Gasteiger partial charge on any atom is -0.474 e. The molecular formula is C10H9NO3. The Bertz CT molecular complexity index is 372. The van der Waals surface area contributed by atoms with Gasteiger partial charge in [0.25, 0.3) is 5.90 Å². The zero-order valence-corrected chi connectivity index (χ0v) is 7.38. The molecule has 14 heavy (non-hydrogen) atoms. The SMILES string of the molecule is O=C(O)C1=NCC(c2ccccc2)O1. The molecule has 0 aromatic heterocycles. The van der Waals surface area contributed by atoms with Crippen molar-refractivity contribution in [1.29, 1.82) is 0 Å². The maximum absolute atomic E-state index is 10.5. The van der Waals surface area contributed by atoms with Gasteiger partial charge < -0.3 is 9.84 Å². The van der Waals surface area contributed by atoms with E-state index < -0.39 is 5.97 Å². The van der Waals surface area contributed by atoms with Gasteiger partial charge in [-0.15, -0.1) is 0 Å². The normalized spacial score (nSPS) is 20.0. The fraction of sp³-hybridized carbons (Fsp3) is 0.200. The first-order chi connectivity index (χ1) is 6.77. The van der Waals surface area contributed by atoms with Gasteiger partial charge in [0.05, 0.1) is 6.54 Å². The van der Waals surface area contributed by atoms with Crippen LogP contribution in [0.1, 0.15) is 11.7 Å². The van der Waals surface area contributed by atoms with Crippen LogP contribution in [0, 0.1) is 0 Å². The summed E-state index contributed by atoms with van der Waals surface area (Å²) in [5.41, 5.74) is 0.951. The third kappa shape index (κ3) is 1.59. The Balaban J connectivity index is 2.10. The van der Waals surface area contributed by atoms with E-state index in [0.29, 0.717) is 6.54 Å². The lowest BCUT2D eigenvalue weighted by Gasteiger charge is -2.09. The van der Waals surface area contributed by atoms with Gasteiger partial charge in [-0.2, -0.15) is 0 Å². The molecule has 4 heteroatoms. The summed E-state index contributed by atoms with van der Waals surface area (Å²) in [6.07, 6.45) is -0.248. The topological polar surface area (TPSA) is 58.9 Å². The summed E-state index contributed by atoms with van der Waals surface area (Å²) in [6, 6.07) is 9.46. The fourth-order valence-electron chi connectivity index (χ4n) is 1.33. The number of carbonyl (C=O) groups is 1. The monoisotopic (exact) mass is 191 g/mol. The number of aliphatic carboxylic acids is 1. The summed E-state index contributed by atoms with van der Waals surface area (Å²) in [5.74, 6) is -1.30. The standard InChI is InChI=1S/C10H9NO3/c12-10(13)9-11-6-8(14-9)7-4-2-1-3-5-7/h1-5,8H,6H2,(H,12,13). The van der Waals surface area contributed by atoms with E-state index >= 15 is 0 Å². The number of rotatable bonds is 2. The Morgan fingerprint density at radius 1 is 1.43 bits per heavy atom. The quantitative estimate of drug-likeness (QED) is 0.765. The van der Waals surface area contributed by atoms with Crippen LogP contribution in [-0.4, -0.2) is 23.5 Å². The molecule has 0 radical (unpaired) electrons. The Morgan fingerprint density at radius 2 is 2.14 bits per heavy atom. The summed E-state index contributed by atoms with van der Waals surface area (Å²) in [5, 5.41) is 8.62. The number of aliphatic imine (C=N–C) groups is 1. The Kier molecular flexibility index (Phi) is 2.18. The molecule has 1 N–H and O–H groups in total. The molecular weight excluding hydrogens is 182 g/mol. The Labute approximate surface area is 80.8 Å². The van der Waals surface area contributed by atoms with Crippen molar-refractivity contribution in [3.05, 3.63) is 35.9 Å². The van der Waals surface area contributed by atoms with Gasteiger partial charge in [-0.05, 0) is 5.56 Å². The highest BCUT2D eigenvalue weighted by atomic mass is 16.5. The number of carboxylic acid groups (broad SMARTS) is 1. The molecule has 4 nitrogen and oxygen atoms in total. The largest absolute Gasteiger partial charge is 0.474 e. The van der Waals surface area contributed by atoms with Crippen molar-refractivity contribution in [2.75, 3.05) is 6.54 Å². The maximum Gasteiger partial charge on any atom is 0.391 e. The summed E-state index contributed by atoms with van der Waals surface area (Å²) in [6.45, 7) is 0.381. The van der Waals surface area contributed by atoms with Crippen molar-refractivity contribution in [3.8, 4) is 0 Å². The van der Waals surface area contributed by atoms with Gasteiger partial charge in [-0.25, -0.2) is 9.79 Å². The molecule has 0 spiro atoms. The number of hydrogen-bond acceptors (Lipinski definition) is 3. The van der Waals surface area contributed by atoms with Crippen molar-refractivity contribution in [2.45, 2.75) is 6.10 Å². The molecule has 0 amide bonds. The van der Waals surface area contributed by atoms with E-state index in [9.17, 15) is 4.79 Å². The predicted octanol–water partition coefficient (Wildman–Crippen LogP) is 1.24. The van der Waals surface area contributed by atoms with Gasteiger partial charge in [-0.1, -0.05) is 30.3 Å². The molecule has 0 bridgehead atoms. The highest BCUT2D eigenvalue weighted by Gasteiger charge is 2.25. The summed E-state index contributed by atoms with van der Waals surface area (Å²) in [7, 11) is 0. The molecule has 1 atom stereocenters. The molecule has 2 rings (SSSR count). The van der Waals surface area contributed by atoms with Crippen LogP contribution in [-0.2, 0) is 9.53 Å². The van der Waals surface area contributed by atoms with Gasteiger partial charge in [0.2, 0.25) is 0 Å². The van der Waals surface area contributed by atoms with Crippen LogP contribution in [0.4, 0.5) is 0 Å². The molecule has 1 aliphatic heterocycles. The average Bonchev–Trinajstić information content (AvgIpc) is 2.68. The second-order valence-electron chi connectivity index (χ2n) is 2.97. The molecule has 1 aromatic carbocycles. The van der Waals surface area contributed by atoms with Crippen molar-refractivity contribution in [1.82, 2.24) is 0 Å². The molecule has 1 aliphatic rings. The van der Waals surface area contributed by atoms with Crippen LogP contribution in [0.3, 0.4) is 0 Å². The van der Waals surface area contributed by atoms with Gasteiger partial charge in [0.15, 0.2) is 0 Å². The molecule has 0 fully saturated rings. The van der Waals surface area contributed by atoms with Crippen molar-refractivity contribution in [3.63, 3.8) is 0 Å². The molecule has 72 valence electrons.